The lowest BCUT2D eigenvalue weighted by molar-refractivity contribution is -0.116. The molecule has 0 bridgehead atoms. The number of rotatable bonds is 9. The number of nitrogens with one attached hydrogen (secondary N) is 1. The maximum absolute atomic E-state index is 12.3. The van der Waals surface area contributed by atoms with Gasteiger partial charge in [-0.15, -0.1) is 11.3 Å². The Balaban J connectivity index is 1.19. The summed E-state index contributed by atoms with van der Waals surface area (Å²) in [6.07, 6.45) is 3.38. The van der Waals surface area contributed by atoms with Crippen molar-refractivity contribution in [2.45, 2.75) is 20.5 Å². The zero-order valence-electron chi connectivity index (χ0n) is 19.9. The molecule has 7 heteroatoms. The molecule has 34 heavy (non-hydrogen) atoms. The number of hydrogen-bond donors (Lipinski definition) is 1. The van der Waals surface area contributed by atoms with Crippen LogP contribution in [0, 0.1) is 13.8 Å². The molecule has 0 atom stereocenters. The first-order valence-electron chi connectivity index (χ1n) is 11.7. The third-order valence-corrected chi connectivity index (χ3v) is 6.66. The third kappa shape index (κ3) is 6.92. The highest BCUT2D eigenvalue weighted by molar-refractivity contribution is 7.09. The van der Waals surface area contributed by atoms with Crippen LogP contribution in [0.25, 0.3) is 6.08 Å². The van der Waals surface area contributed by atoms with Crippen LogP contribution in [0.1, 0.15) is 21.8 Å². The Bertz CT molecular complexity index is 1120. The zero-order chi connectivity index (χ0) is 23.8. The molecule has 1 aliphatic heterocycles. The maximum Gasteiger partial charge on any atom is 0.244 e. The van der Waals surface area contributed by atoms with Gasteiger partial charge in [-0.25, -0.2) is 4.98 Å². The Morgan fingerprint density at radius 3 is 2.71 bits per heavy atom. The molecular weight excluding hydrogens is 444 g/mol. The van der Waals surface area contributed by atoms with Crippen molar-refractivity contribution < 1.29 is 9.53 Å². The molecule has 0 radical (unpaired) electrons. The van der Waals surface area contributed by atoms with E-state index in [0.717, 1.165) is 54.7 Å². The quantitative estimate of drug-likeness (QED) is 0.467. The molecule has 1 N–H and O–H groups in total. The number of carbonyl (C=O) groups is 1. The Morgan fingerprint density at radius 2 is 1.94 bits per heavy atom. The number of hydrogen-bond acceptors (Lipinski definition) is 6. The topological polar surface area (TPSA) is 57.7 Å². The van der Waals surface area contributed by atoms with Crippen molar-refractivity contribution in [2.75, 3.05) is 44.2 Å². The zero-order valence-corrected chi connectivity index (χ0v) is 20.7. The summed E-state index contributed by atoms with van der Waals surface area (Å²) < 4.78 is 5.93. The van der Waals surface area contributed by atoms with E-state index in [9.17, 15) is 4.79 Å². The summed E-state index contributed by atoms with van der Waals surface area (Å²) in [4.78, 5) is 21.6. The molecule has 1 saturated heterocycles. The van der Waals surface area contributed by atoms with Crippen LogP contribution in [0.15, 0.2) is 60.0 Å². The maximum atomic E-state index is 12.3. The highest BCUT2D eigenvalue weighted by Crippen LogP contribution is 2.21. The highest BCUT2D eigenvalue weighted by atomic mass is 32.1. The summed E-state index contributed by atoms with van der Waals surface area (Å²) in [5.74, 6) is 0.645. The first kappa shape index (κ1) is 24.0. The highest BCUT2D eigenvalue weighted by Gasteiger charge is 2.17. The van der Waals surface area contributed by atoms with Crippen LogP contribution in [0.4, 0.5) is 5.69 Å². The molecule has 0 saturated carbocycles. The SMILES string of the molecule is Cc1cccc(N2CCN(CCNC(=O)/C=C/c3ccccc3OCc3csc(C)n3)CC2)c1. The Kier molecular flexibility index (Phi) is 8.33. The van der Waals surface area contributed by atoms with Gasteiger partial charge in [0.05, 0.1) is 10.7 Å². The fourth-order valence-electron chi connectivity index (χ4n) is 3.99. The van der Waals surface area contributed by atoms with Crippen LogP contribution in [-0.2, 0) is 11.4 Å². The molecular formula is C27H32N4O2S. The number of aryl methyl sites for hydroxylation is 2. The first-order chi connectivity index (χ1) is 16.6. The summed E-state index contributed by atoms with van der Waals surface area (Å²) >= 11 is 1.61. The van der Waals surface area contributed by atoms with Gasteiger partial charge >= 0.3 is 0 Å². The van der Waals surface area contributed by atoms with Crippen LogP contribution in [0.5, 0.6) is 5.75 Å². The summed E-state index contributed by atoms with van der Waals surface area (Å²) in [5, 5.41) is 6.03. The summed E-state index contributed by atoms with van der Waals surface area (Å²) in [5.41, 5.74) is 4.37. The van der Waals surface area contributed by atoms with Crippen molar-refractivity contribution >= 4 is 29.0 Å². The molecule has 0 aliphatic carbocycles. The molecule has 6 nitrogen and oxygen atoms in total. The van der Waals surface area contributed by atoms with E-state index in [0.29, 0.717) is 13.2 Å². The van der Waals surface area contributed by atoms with Crippen LogP contribution >= 0.6 is 11.3 Å². The van der Waals surface area contributed by atoms with Gasteiger partial charge in [-0.1, -0.05) is 30.3 Å². The van der Waals surface area contributed by atoms with Crippen molar-refractivity contribution in [1.29, 1.82) is 0 Å². The molecule has 0 spiro atoms. The van der Waals surface area contributed by atoms with Gasteiger partial charge in [0.1, 0.15) is 12.4 Å². The summed E-state index contributed by atoms with van der Waals surface area (Å²) in [6, 6.07) is 16.4. The van der Waals surface area contributed by atoms with Gasteiger partial charge in [0, 0.05) is 62.0 Å². The Hall–Kier alpha value is -3.16. The van der Waals surface area contributed by atoms with E-state index >= 15 is 0 Å². The number of ether oxygens (including phenoxy) is 1. The van der Waals surface area contributed by atoms with E-state index in [1.165, 1.54) is 11.3 Å². The predicted octanol–water partition coefficient (Wildman–Crippen LogP) is 4.29. The van der Waals surface area contributed by atoms with Crippen LogP contribution in [0.3, 0.4) is 0 Å². The lowest BCUT2D eigenvalue weighted by Crippen LogP contribution is -2.48. The van der Waals surface area contributed by atoms with Crippen molar-refractivity contribution in [1.82, 2.24) is 15.2 Å². The van der Waals surface area contributed by atoms with E-state index in [2.05, 4.69) is 51.3 Å². The second-order valence-electron chi connectivity index (χ2n) is 8.48. The first-order valence-corrected chi connectivity index (χ1v) is 12.6. The van der Waals surface area contributed by atoms with Gasteiger partial charge in [0.25, 0.3) is 0 Å². The van der Waals surface area contributed by atoms with Crippen LogP contribution < -0.4 is 15.0 Å². The molecule has 4 rings (SSSR count). The number of aromatic nitrogens is 1. The van der Waals surface area contributed by atoms with Gasteiger partial charge in [0.15, 0.2) is 0 Å². The number of benzene rings is 2. The summed E-state index contributed by atoms with van der Waals surface area (Å²) in [6.45, 7) is 10.0. The average Bonchev–Trinajstić information content (AvgIpc) is 3.27. The summed E-state index contributed by atoms with van der Waals surface area (Å²) in [7, 11) is 0. The van der Waals surface area contributed by atoms with Gasteiger partial charge in [-0.3, -0.25) is 9.69 Å². The number of anilines is 1. The van der Waals surface area contributed by atoms with E-state index in [1.54, 1.807) is 23.5 Å². The molecule has 3 aromatic rings. The van der Waals surface area contributed by atoms with Gasteiger partial charge in [-0.05, 0) is 43.7 Å². The molecule has 2 heterocycles. The smallest absolute Gasteiger partial charge is 0.244 e. The van der Waals surface area contributed by atoms with Gasteiger partial charge in [-0.2, -0.15) is 0 Å². The lowest BCUT2D eigenvalue weighted by Gasteiger charge is -2.36. The van der Waals surface area contributed by atoms with Crippen LogP contribution in [0.2, 0.25) is 0 Å². The van der Waals surface area contributed by atoms with E-state index in [-0.39, 0.29) is 5.91 Å². The van der Waals surface area contributed by atoms with E-state index in [4.69, 9.17) is 4.74 Å². The standard InChI is InChI=1S/C27H32N4O2S/c1-21-6-5-8-25(18-21)31-16-14-30(15-17-31)13-12-28-27(32)11-10-23-7-3-4-9-26(23)33-19-24-20-34-22(2)29-24/h3-11,18,20H,12-17,19H2,1-2H3,(H,28,32)/b11-10+. The average molecular weight is 477 g/mol. The lowest BCUT2D eigenvalue weighted by atomic mass is 10.2. The van der Waals surface area contributed by atoms with Crippen molar-refractivity contribution in [3.63, 3.8) is 0 Å². The fraction of sp³-hybridized carbons (Fsp3) is 0.333. The molecule has 1 fully saturated rings. The minimum Gasteiger partial charge on any atom is -0.487 e. The number of carbonyl (C=O) groups excluding carboxylic acids is 1. The molecule has 0 unspecified atom stereocenters. The van der Waals surface area contributed by atoms with Crippen molar-refractivity contribution in [3.05, 3.63) is 81.8 Å². The molecule has 1 aliphatic rings. The number of amides is 1. The Labute approximate surface area is 205 Å². The van der Waals surface area contributed by atoms with Gasteiger partial charge < -0.3 is 15.0 Å². The predicted molar refractivity (Wildman–Crippen MR) is 140 cm³/mol. The minimum atomic E-state index is -0.0941. The van der Waals surface area contributed by atoms with E-state index in [1.807, 2.05) is 36.6 Å². The Morgan fingerprint density at radius 1 is 1.12 bits per heavy atom. The number of para-hydroxylation sites is 1. The van der Waals surface area contributed by atoms with Crippen molar-refractivity contribution in [2.24, 2.45) is 0 Å². The number of piperazine rings is 1. The molecule has 1 aromatic heterocycles. The largest absolute Gasteiger partial charge is 0.487 e. The second-order valence-corrected chi connectivity index (χ2v) is 9.54. The third-order valence-electron chi connectivity index (χ3n) is 5.84. The van der Waals surface area contributed by atoms with E-state index < -0.39 is 0 Å². The number of thiazole rings is 1. The second kappa shape index (κ2) is 11.8. The van der Waals surface area contributed by atoms with Crippen LogP contribution in [-0.4, -0.2) is 55.1 Å². The molecule has 1 amide bonds. The molecule has 178 valence electrons. The normalized spacial score (nSPS) is 14.5. The monoisotopic (exact) mass is 476 g/mol. The van der Waals surface area contributed by atoms with Crippen molar-refractivity contribution in [3.8, 4) is 5.75 Å². The van der Waals surface area contributed by atoms with Gasteiger partial charge in [0.2, 0.25) is 5.91 Å². The fourth-order valence-corrected chi connectivity index (χ4v) is 4.59. The molecule has 2 aromatic carbocycles. The minimum absolute atomic E-state index is 0.0941. The number of nitrogens with zero attached hydrogens (tertiary/aromatic N) is 3.